The third kappa shape index (κ3) is 3.88. The van der Waals surface area contributed by atoms with Crippen molar-refractivity contribution in [1.29, 1.82) is 0 Å². The molecule has 0 heterocycles. The van der Waals surface area contributed by atoms with Crippen molar-refractivity contribution >= 4 is 17.3 Å². The summed E-state index contributed by atoms with van der Waals surface area (Å²) in [5.41, 5.74) is 8.47. The fourth-order valence-electron chi connectivity index (χ4n) is 1.74. The number of aliphatic hydroxyl groups is 1. The Bertz CT molecular complexity index is 540. The van der Waals surface area contributed by atoms with E-state index in [9.17, 15) is 0 Å². The number of ether oxygens (including phenoxy) is 1. The lowest BCUT2D eigenvalue weighted by atomic mass is 10.1. The lowest BCUT2D eigenvalue weighted by Crippen LogP contribution is -2.00. The van der Waals surface area contributed by atoms with E-state index in [1.54, 1.807) is 18.2 Å². The van der Waals surface area contributed by atoms with Gasteiger partial charge in [0.25, 0.3) is 0 Å². The molecule has 100 valence electrons. The van der Waals surface area contributed by atoms with Gasteiger partial charge in [-0.3, -0.25) is 0 Å². The highest BCUT2D eigenvalue weighted by Crippen LogP contribution is 2.20. The minimum absolute atomic E-state index is 0.152. The highest BCUT2D eigenvalue weighted by atomic mass is 35.5. The first-order chi connectivity index (χ1) is 9.19. The van der Waals surface area contributed by atoms with Crippen LogP contribution in [0.5, 0.6) is 5.75 Å². The number of halogens is 1. The summed E-state index contributed by atoms with van der Waals surface area (Å²) in [6, 6.07) is 13.0. The molecule has 0 saturated heterocycles. The van der Waals surface area contributed by atoms with Crippen molar-refractivity contribution in [3.8, 4) is 5.75 Å². The van der Waals surface area contributed by atoms with Crippen LogP contribution in [-0.4, -0.2) is 11.7 Å². The SMILES string of the molecule is Nc1ccc(Cl)cc1COc1ccc(CCO)cc1. The van der Waals surface area contributed by atoms with E-state index in [0.717, 1.165) is 16.9 Å². The van der Waals surface area contributed by atoms with Gasteiger partial charge in [0.15, 0.2) is 0 Å². The number of nitrogen functional groups attached to an aromatic ring is 1. The van der Waals surface area contributed by atoms with Crippen molar-refractivity contribution in [2.45, 2.75) is 13.0 Å². The van der Waals surface area contributed by atoms with Crippen LogP contribution >= 0.6 is 11.6 Å². The Kier molecular flexibility index (Phi) is 4.66. The first-order valence-corrected chi connectivity index (χ1v) is 6.43. The predicted octanol–water partition coefficient (Wildman–Crippen LogP) is 3.04. The van der Waals surface area contributed by atoms with Crippen LogP contribution in [0.1, 0.15) is 11.1 Å². The molecule has 3 N–H and O–H groups in total. The summed E-state index contributed by atoms with van der Waals surface area (Å²) in [5, 5.41) is 9.48. The molecule has 0 radical (unpaired) electrons. The molecule has 3 nitrogen and oxygen atoms in total. The maximum absolute atomic E-state index is 8.84. The molecule has 2 aromatic carbocycles. The maximum atomic E-state index is 8.84. The molecule has 0 spiro atoms. The molecule has 0 amide bonds. The molecule has 0 aliphatic rings. The Balaban J connectivity index is 2.00. The van der Waals surface area contributed by atoms with E-state index in [1.807, 2.05) is 24.3 Å². The highest BCUT2D eigenvalue weighted by molar-refractivity contribution is 6.30. The van der Waals surface area contributed by atoms with E-state index in [4.69, 9.17) is 27.2 Å². The van der Waals surface area contributed by atoms with Gasteiger partial charge in [-0.2, -0.15) is 0 Å². The Morgan fingerprint density at radius 3 is 2.53 bits per heavy atom. The van der Waals surface area contributed by atoms with Gasteiger partial charge < -0.3 is 15.6 Å². The molecule has 0 aromatic heterocycles. The Morgan fingerprint density at radius 2 is 1.84 bits per heavy atom. The first-order valence-electron chi connectivity index (χ1n) is 6.05. The minimum atomic E-state index is 0.152. The zero-order valence-corrected chi connectivity index (χ0v) is 11.2. The second-order valence-electron chi connectivity index (χ2n) is 4.25. The summed E-state index contributed by atoms with van der Waals surface area (Å²) >= 11 is 5.92. The number of hydrogen-bond donors (Lipinski definition) is 2. The van der Waals surface area contributed by atoms with Gasteiger partial charge in [-0.25, -0.2) is 0 Å². The molecule has 0 saturated carbocycles. The Morgan fingerprint density at radius 1 is 1.11 bits per heavy atom. The summed E-state index contributed by atoms with van der Waals surface area (Å²) in [7, 11) is 0. The smallest absolute Gasteiger partial charge is 0.119 e. The lowest BCUT2D eigenvalue weighted by molar-refractivity contribution is 0.298. The number of rotatable bonds is 5. The van der Waals surface area contributed by atoms with E-state index in [2.05, 4.69) is 0 Å². The van der Waals surface area contributed by atoms with E-state index >= 15 is 0 Å². The minimum Gasteiger partial charge on any atom is -0.489 e. The molecule has 0 aliphatic carbocycles. The van der Waals surface area contributed by atoms with Gasteiger partial charge in [-0.1, -0.05) is 23.7 Å². The average molecular weight is 278 g/mol. The van der Waals surface area contributed by atoms with Crippen LogP contribution < -0.4 is 10.5 Å². The number of nitrogens with two attached hydrogens (primary N) is 1. The van der Waals surface area contributed by atoms with Crippen LogP contribution in [0.25, 0.3) is 0 Å². The van der Waals surface area contributed by atoms with Crippen molar-refractivity contribution in [2.75, 3.05) is 12.3 Å². The van der Waals surface area contributed by atoms with Gasteiger partial charge in [-0.15, -0.1) is 0 Å². The number of anilines is 1. The topological polar surface area (TPSA) is 55.5 Å². The summed E-state index contributed by atoms with van der Waals surface area (Å²) in [6.45, 7) is 0.533. The van der Waals surface area contributed by atoms with Crippen molar-refractivity contribution in [2.24, 2.45) is 0 Å². The Labute approximate surface area is 117 Å². The molecule has 0 fully saturated rings. The maximum Gasteiger partial charge on any atom is 0.119 e. The van der Waals surface area contributed by atoms with Crippen molar-refractivity contribution in [3.05, 3.63) is 58.6 Å². The quantitative estimate of drug-likeness (QED) is 0.826. The average Bonchev–Trinajstić information content (AvgIpc) is 2.42. The van der Waals surface area contributed by atoms with E-state index < -0.39 is 0 Å². The summed E-state index contributed by atoms with van der Waals surface area (Å²) in [4.78, 5) is 0. The predicted molar refractivity (Wildman–Crippen MR) is 77.4 cm³/mol. The van der Waals surface area contributed by atoms with Gasteiger partial charge >= 0.3 is 0 Å². The van der Waals surface area contributed by atoms with Gasteiger partial charge in [-0.05, 0) is 42.3 Å². The van der Waals surface area contributed by atoms with Crippen LogP contribution in [0.3, 0.4) is 0 Å². The third-order valence-electron chi connectivity index (χ3n) is 2.82. The van der Waals surface area contributed by atoms with E-state index in [0.29, 0.717) is 23.7 Å². The molecular weight excluding hydrogens is 262 g/mol. The normalized spacial score (nSPS) is 10.4. The molecule has 0 atom stereocenters. The fraction of sp³-hybridized carbons (Fsp3) is 0.200. The van der Waals surface area contributed by atoms with E-state index in [1.165, 1.54) is 0 Å². The van der Waals surface area contributed by atoms with E-state index in [-0.39, 0.29) is 6.61 Å². The standard InChI is InChI=1S/C15H16ClNO2/c16-13-3-6-15(17)12(9-13)10-19-14-4-1-11(2-5-14)7-8-18/h1-6,9,18H,7-8,10,17H2. The van der Waals surface area contributed by atoms with Crippen LogP contribution in [0.2, 0.25) is 5.02 Å². The first kappa shape index (κ1) is 13.7. The van der Waals surface area contributed by atoms with Crippen LogP contribution in [0, 0.1) is 0 Å². The number of hydrogen-bond acceptors (Lipinski definition) is 3. The second kappa shape index (κ2) is 6.45. The summed E-state index contributed by atoms with van der Waals surface area (Å²) < 4.78 is 5.66. The molecule has 0 aliphatic heterocycles. The van der Waals surface area contributed by atoms with Gasteiger partial charge in [0.2, 0.25) is 0 Å². The zero-order valence-electron chi connectivity index (χ0n) is 10.5. The number of aliphatic hydroxyl groups excluding tert-OH is 1. The van der Waals surface area contributed by atoms with Crippen LogP contribution in [0.15, 0.2) is 42.5 Å². The lowest BCUT2D eigenvalue weighted by Gasteiger charge is -2.09. The zero-order chi connectivity index (χ0) is 13.7. The summed E-state index contributed by atoms with van der Waals surface area (Å²) in [5.74, 6) is 0.765. The Hall–Kier alpha value is -1.71. The van der Waals surface area contributed by atoms with Gasteiger partial charge in [0.1, 0.15) is 12.4 Å². The van der Waals surface area contributed by atoms with Crippen molar-refractivity contribution in [3.63, 3.8) is 0 Å². The summed E-state index contributed by atoms with van der Waals surface area (Å²) in [6.07, 6.45) is 0.654. The molecule has 0 bridgehead atoms. The van der Waals surface area contributed by atoms with Gasteiger partial charge in [0.05, 0.1) is 0 Å². The molecule has 2 rings (SSSR count). The molecular formula is C15H16ClNO2. The third-order valence-corrected chi connectivity index (χ3v) is 3.06. The molecule has 2 aromatic rings. The largest absolute Gasteiger partial charge is 0.489 e. The van der Waals surface area contributed by atoms with Crippen molar-refractivity contribution < 1.29 is 9.84 Å². The second-order valence-corrected chi connectivity index (χ2v) is 4.69. The monoisotopic (exact) mass is 277 g/mol. The molecule has 19 heavy (non-hydrogen) atoms. The van der Waals surface area contributed by atoms with Gasteiger partial charge in [0, 0.05) is 22.9 Å². The van der Waals surface area contributed by atoms with Crippen molar-refractivity contribution in [1.82, 2.24) is 0 Å². The van der Waals surface area contributed by atoms with Crippen LogP contribution in [-0.2, 0) is 13.0 Å². The number of benzene rings is 2. The highest BCUT2D eigenvalue weighted by Gasteiger charge is 2.02. The fourth-order valence-corrected chi connectivity index (χ4v) is 1.94. The van der Waals surface area contributed by atoms with Crippen LogP contribution in [0.4, 0.5) is 5.69 Å². The molecule has 4 heteroatoms. The molecule has 0 unspecified atom stereocenters.